The number of hydrogen-bond acceptors (Lipinski definition) is 5. The van der Waals surface area contributed by atoms with Crippen molar-refractivity contribution in [1.29, 1.82) is 0 Å². The lowest BCUT2D eigenvalue weighted by molar-refractivity contribution is -0.115. The molecule has 0 atom stereocenters. The second-order valence-corrected chi connectivity index (χ2v) is 8.19. The summed E-state index contributed by atoms with van der Waals surface area (Å²) in [7, 11) is 1.55. The molecule has 0 unspecified atom stereocenters. The number of amidine groups is 1. The minimum atomic E-state index is -0.342. The minimum absolute atomic E-state index is 0.256. The van der Waals surface area contributed by atoms with E-state index in [1.807, 2.05) is 30.3 Å². The smallest absolute Gasteiger partial charge is 0.264 e. The van der Waals surface area contributed by atoms with Crippen LogP contribution in [0.5, 0.6) is 11.5 Å². The summed E-state index contributed by atoms with van der Waals surface area (Å²) in [5, 5.41) is 3.78. The zero-order valence-electron chi connectivity index (χ0n) is 17.0. The Labute approximate surface area is 193 Å². The number of carbonyl (C=O) groups excluding carboxylic acids is 1. The van der Waals surface area contributed by atoms with Crippen molar-refractivity contribution in [3.8, 4) is 11.5 Å². The lowest BCUT2D eigenvalue weighted by Crippen LogP contribution is -2.19. The Balaban J connectivity index is 1.49. The van der Waals surface area contributed by atoms with Gasteiger partial charge in [-0.25, -0.2) is 9.38 Å². The summed E-state index contributed by atoms with van der Waals surface area (Å²) in [5.74, 6) is 0.506. The second kappa shape index (κ2) is 9.89. The number of rotatable bonds is 6. The van der Waals surface area contributed by atoms with Crippen LogP contribution >= 0.6 is 23.4 Å². The molecule has 0 spiro atoms. The van der Waals surface area contributed by atoms with Crippen LogP contribution in [0.25, 0.3) is 6.08 Å². The van der Waals surface area contributed by atoms with Crippen molar-refractivity contribution < 1.29 is 18.7 Å². The van der Waals surface area contributed by atoms with Crippen LogP contribution in [0.15, 0.2) is 76.6 Å². The Morgan fingerprint density at radius 1 is 1.09 bits per heavy atom. The topological polar surface area (TPSA) is 59.9 Å². The van der Waals surface area contributed by atoms with E-state index in [1.165, 1.54) is 23.9 Å². The summed E-state index contributed by atoms with van der Waals surface area (Å²) >= 11 is 7.39. The molecule has 162 valence electrons. The normalized spacial score (nSPS) is 15.8. The lowest BCUT2D eigenvalue weighted by atomic mass is 10.2. The number of carbonyl (C=O) groups is 1. The summed E-state index contributed by atoms with van der Waals surface area (Å²) < 4.78 is 24.4. The summed E-state index contributed by atoms with van der Waals surface area (Å²) in [6.07, 6.45) is 1.74. The van der Waals surface area contributed by atoms with Crippen LogP contribution in [-0.2, 0) is 11.4 Å². The minimum Gasteiger partial charge on any atom is -0.493 e. The average Bonchev–Trinajstić information content (AvgIpc) is 3.13. The Hall–Kier alpha value is -3.29. The monoisotopic (exact) mass is 468 g/mol. The fraction of sp³-hybridized carbons (Fsp3) is 0.0833. The Bertz CT molecular complexity index is 1210. The van der Waals surface area contributed by atoms with Gasteiger partial charge in [0.1, 0.15) is 12.4 Å². The van der Waals surface area contributed by atoms with Gasteiger partial charge in [-0.2, -0.15) is 0 Å². The van der Waals surface area contributed by atoms with Crippen LogP contribution in [0.2, 0.25) is 5.02 Å². The van der Waals surface area contributed by atoms with Crippen LogP contribution < -0.4 is 14.8 Å². The van der Waals surface area contributed by atoms with Gasteiger partial charge in [-0.05, 0) is 65.9 Å². The number of amides is 1. The molecule has 1 heterocycles. The van der Waals surface area contributed by atoms with Crippen LogP contribution in [-0.4, -0.2) is 18.2 Å². The molecular formula is C24H18ClFN2O3S. The van der Waals surface area contributed by atoms with Gasteiger partial charge in [0.15, 0.2) is 16.7 Å². The second-order valence-electron chi connectivity index (χ2n) is 6.75. The number of aliphatic imine (C=N–C) groups is 1. The number of benzene rings is 3. The standard InChI is InChI=1S/C24H18ClFN2O3S/c1-30-21-12-15(6-11-20(21)31-14-16-4-2-3-5-19(16)25)13-22-23(29)28-24(32-22)27-18-9-7-17(26)8-10-18/h2-13H,14H2,1H3,(H,27,28,29). The van der Waals surface area contributed by atoms with Crippen molar-refractivity contribution >= 4 is 46.2 Å². The number of nitrogens with zero attached hydrogens (tertiary/aromatic N) is 1. The Morgan fingerprint density at radius 2 is 1.88 bits per heavy atom. The SMILES string of the molecule is COc1cc(C=C2SC(=Nc3ccc(F)cc3)NC2=O)ccc1OCc1ccccc1Cl. The molecule has 0 radical (unpaired) electrons. The highest BCUT2D eigenvalue weighted by Gasteiger charge is 2.24. The highest BCUT2D eigenvalue weighted by molar-refractivity contribution is 8.18. The van der Waals surface area contributed by atoms with Crippen molar-refractivity contribution in [3.63, 3.8) is 0 Å². The average molecular weight is 469 g/mol. The zero-order chi connectivity index (χ0) is 22.5. The Morgan fingerprint density at radius 3 is 2.62 bits per heavy atom. The molecule has 1 saturated heterocycles. The van der Waals surface area contributed by atoms with Gasteiger partial charge in [-0.15, -0.1) is 0 Å². The molecule has 0 bridgehead atoms. The summed E-state index contributed by atoms with van der Waals surface area (Å²) in [5.41, 5.74) is 2.19. The number of hydrogen-bond donors (Lipinski definition) is 1. The van der Waals surface area contributed by atoms with Crippen molar-refractivity contribution in [1.82, 2.24) is 5.32 Å². The lowest BCUT2D eigenvalue weighted by Gasteiger charge is -2.12. The number of thioether (sulfide) groups is 1. The first-order valence-electron chi connectivity index (χ1n) is 9.61. The molecule has 1 N–H and O–H groups in total. The predicted octanol–water partition coefficient (Wildman–Crippen LogP) is 5.96. The van der Waals surface area contributed by atoms with E-state index in [0.717, 1.165) is 11.1 Å². The zero-order valence-corrected chi connectivity index (χ0v) is 18.5. The highest BCUT2D eigenvalue weighted by Crippen LogP contribution is 2.33. The van der Waals surface area contributed by atoms with E-state index in [9.17, 15) is 9.18 Å². The number of nitrogens with one attached hydrogen (secondary N) is 1. The molecule has 1 fully saturated rings. The van der Waals surface area contributed by atoms with Gasteiger partial charge in [0.2, 0.25) is 0 Å². The molecule has 5 nitrogen and oxygen atoms in total. The van der Waals surface area contributed by atoms with Gasteiger partial charge >= 0.3 is 0 Å². The quantitative estimate of drug-likeness (QED) is 0.453. The fourth-order valence-corrected chi connectivity index (χ4v) is 3.96. The molecule has 4 rings (SSSR count). The van der Waals surface area contributed by atoms with E-state index >= 15 is 0 Å². The van der Waals surface area contributed by atoms with E-state index in [2.05, 4.69) is 10.3 Å². The van der Waals surface area contributed by atoms with Crippen molar-refractivity contribution in [2.45, 2.75) is 6.61 Å². The fourth-order valence-electron chi connectivity index (χ4n) is 2.93. The van der Waals surface area contributed by atoms with Gasteiger partial charge < -0.3 is 14.8 Å². The summed E-state index contributed by atoms with van der Waals surface area (Å²) in [6.45, 7) is 0.304. The van der Waals surface area contributed by atoms with E-state index in [-0.39, 0.29) is 11.7 Å². The third-order valence-corrected chi connectivity index (χ3v) is 5.81. The van der Waals surface area contributed by atoms with Gasteiger partial charge in [-0.1, -0.05) is 35.9 Å². The van der Waals surface area contributed by atoms with E-state index in [0.29, 0.717) is 38.9 Å². The molecule has 0 saturated carbocycles. The molecule has 8 heteroatoms. The molecular weight excluding hydrogens is 451 g/mol. The van der Waals surface area contributed by atoms with Gasteiger partial charge in [-0.3, -0.25) is 4.79 Å². The maximum absolute atomic E-state index is 13.1. The van der Waals surface area contributed by atoms with E-state index < -0.39 is 0 Å². The largest absolute Gasteiger partial charge is 0.493 e. The molecule has 1 amide bonds. The summed E-state index contributed by atoms with van der Waals surface area (Å²) in [4.78, 5) is 17.2. The Kier molecular flexibility index (Phi) is 6.78. The third-order valence-electron chi connectivity index (χ3n) is 4.53. The highest BCUT2D eigenvalue weighted by atomic mass is 35.5. The van der Waals surface area contributed by atoms with Crippen molar-refractivity contribution in [2.24, 2.45) is 4.99 Å². The molecule has 3 aromatic carbocycles. The number of methoxy groups -OCH3 is 1. The predicted molar refractivity (Wildman–Crippen MR) is 126 cm³/mol. The number of halogens is 2. The van der Waals surface area contributed by atoms with E-state index in [1.54, 1.807) is 37.5 Å². The first kappa shape index (κ1) is 21.9. The van der Waals surface area contributed by atoms with Crippen LogP contribution in [0.1, 0.15) is 11.1 Å². The maximum atomic E-state index is 13.1. The maximum Gasteiger partial charge on any atom is 0.264 e. The molecule has 0 aliphatic carbocycles. The molecule has 3 aromatic rings. The molecule has 32 heavy (non-hydrogen) atoms. The molecule has 0 aromatic heterocycles. The van der Waals surface area contributed by atoms with Crippen LogP contribution in [0, 0.1) is 5.82 Å². The molecule has 1 aliphatic rings. The van der Waals surface area contributed by atoms with Crippen LogP contribution in [0.3, 0.4) is 0 Å². The van der Waals surface area contributed by atoms with Gasteiger partial charge in [0.25, 0.3) is 5.91 Å². The van der Waals surface area contributed by atoms with E-state index in [4.69, 9.17) is 21.1 Å². The van der Waals surface area contributed by atoms with Gasteiger partial charge in [0, 0.05) is 10.6 Å². The van der Waals surface area contributed by atoms with Crippen molar-refractivity contribution in [2.75, 3.05) is 7.11 Å². The first-order chi connectivity index (χ1) is 15.5. The first-order valence-corrected chi connectivity index (χ1v) is 10.8. The van der Waals surface area contributed by atoms with Crippen LogP contribution in [0.4, 0.5) is 10.1 Å². The summed E-state index contributed by atoms with van der Waals surface area (Å²) in [6, 6.07) is 18.6. The van der Waals surface area contributed by atoms with Crippen molar-refractivity contribution in [3.05, 3.63) is 93.6 Å². The third kappa shape index (κ3) is 5.30. The van der Waals surface area contributed by atoms with Gasteiger partial charge in [0.05, 0.1) is 17.7 Å². The number of ether oxygens (including phenoxy) is 2. The molecule has 1 aliphatic heterocycles.